The van der Waals surface area contributed by atoms with Gasteiger partial charge in [0.05, 0.1) is 17.2 Å². The topological polar surface area (TPSA) is 47.1 Å². The summed E-state index contributed by atoms with van der Waals surface area (Å²) in [6, 6.07) is 0.150. The molecule has 0 aliphatic rings. The molecule has 0 radical (unpaired) electrons. The van der Waals surface area contributed by atoms with Crippen molar-refractivity contribution in [2.75, 3.05) is 13.6 Å². The van der Waals surface area contributed by atoms with Gasteiger partial charge in [-0.3, -0.25) is 9.58 Å². The van der Waals surface area contributed by atoms with Gasteiger partial charge < -0.3 is 5.73 Å². The highest BCUT2D eigenvalue weighted by molar-refractivity contribution is 7.80. The molecule has 0 aliphatic carbocycles. The van der Waals surface area contributed by atoms with Gasteiger partial charge in [0, 0.05) is 19.8 Å². The third-order valence-corrected chi connectivity index (χ3v) is 2.93. The fourth-order valence-corrected chi connectivity index (χ4v) is 1.50. The maximum Gasteiger partial charge on any atom is 0.0899 e. The van der Waals surface area contributed by atoms with Gasteiger partial charge in [-0.05, 0) is 26.0 Å². The Bertz CT molecular complexity index is 334. The zero-order chi connectivity index (χ0) is 11.4. The van der Waals surface area contributed by atoms with Gasteiger partial charge in [0.1, 0.15) is 0 Å². The summed E-state index contributed by atoms with van der Waals surface area (Å²) in [5.41, 5.74) is 6.82. The Morgan fingerprint density at radius 1 is 1.73 bits per heavy atom. The first-order chi connectivity index (χ1) is 7.00. The Balaban J connectivity index is 2.40. The summed E-state index contributed by atoms with van der Waals surface area (Å²) >= 11 is 4.95. The Hall–Kier alpha value is -0.940. The number of likely N-dealkylation sites (N-methyl/N-ethyl adjacent to an activating group) is 1. The zero-order valence-corrected chi connectivity index (χ0v) is 10.3. The molecule has 1 unspecified atom stereocenters. The molecule has 0 spiro atoms. The van der Waals surface area contributed by atoms with Crippen LogP contribution in [0.1, 0.15) is 12.5 Å². The first kappa shape index (κ1) is 12.1. The molecule has 2 N–H and O–H groups in total. The predicted molar refractivity (Wildman–Crippen MR) is 65.8 cm³/mol. The van der Waals surface area contributed by atoms with Crippen molar-refractivity contribution >= 4 is 17.2 Å². The van der Waals surface area contributed by atoms with E-state index in [0.717, 1.165) is 13.0 Å². The molecule has 0 fully saturated rings. The first-order valence-electron chi connectivity index (χ1n) is 4.97. The van der Waals surface area contributed by atoms with Gasteiger partial charge in [-0.1, -0.05) is 12.2 Å². The predicted octanol–water partition coefficient (Wildman–Crippen LogP) is 0.569. The minimum atomic E-state index is 0.150. The van der Waals surface area contributed by atoms with Gasteiger partial charge in [-0.25, -0.2) is 0 Å². The Morgan fingerprint density at radius 2 is 2.40 bits per heavy atom. The van der Waals surface area contributed by atoms with E-state index in [0.29, 0.717) is 4.99 Å². The minimum absolute atomic E-state index is 0.150. The third kappa shape index (κ3) is 3.60. The van der Waals surface area contributed by atoms with Crippen molar-refractivity contribution in [1.82, 2.24) is 14.7 Å². The molecule has 84 valence electrons. The molecule has 15 heavy (non-hydrogen) atoms. The number of hydrogen-bond donors (Lipinski definition) is 1. The lowest BCUT2D eigenvalue weighted by atomic mass is 10.2. The molecule has 0 aliphatic heterocycles. The van der Waals surface area contributed by atoms with Crippen molar-refractivity contribution in [2.45, 2.75) is 19.4 Å². The molecule has 1 rings (SSSR count). The first-order valence-corrected chi connectivity index (χ1v) is 5.38. The summed E-state index contributed by atoms with van der Waals surface area (Å²) < 4.78 is 1.81. The van der Waals surface area contributed by atoms with Crippen molar-refractivity contribution < 1.29 is 0 Å². The molecule has 1 aromatic rings. The van der Waals surface area contributed by atoms with Gasteiger partial charge in [0.2, 0.25) is 0 Å². The van der Waals surface area contributed by atoms with Crippen LogP contribution < -0.4 is 5.73 Å². The second kappa shape index (κ2) is 5.23. The molecular weight excluding hydrogens is 208 g/mol. The van der Waals surface area contributed by atoms with Crippen molar-refractivity contribution in [3.8, 4) is 0 Å². The van der Waals surface area contributed by atoms with Crippen molar-refractivity contribution in [1.29, 1.82) is 0 Å². The van der Waals surface area contributed by atoms with Crippen LogP contribution in [0.15, 0.2) is 12.4 Å². The molecule has 0 saturated carbocycles. The smallest absolute Gasteiger partial charge is 0.0899 e. The Labute approximate surface area is 96.1 Å². The lowest BCUT2D eigenvalue weighted by Crippen LogP contribution is -2.40. The Morgan fingerprint density at radius 3 is 2.87 bits per heavy atom. The maximum absolute atomic E-state index is 5.58. The minimum Gasteiger partial charge on any atom is -0.392 e. The largest absolute Gasteiger partial charge is 0.392 e. The van der Waals surface area contributed by atoms with E-state index in [1.165, 1.54) is 5.56 Å². The zero-order valence-electron chi connectivity index (χ0n) is 9.47. The molecule has 0 amide bonds. The van der Waals surface area contributed by atoms with E-state index in [9.17, 15) is 0 Å². The average molecular weight is 226 g/mol. The number of nitrogens with zero attached hydrogens (tertiary/aromatic N) is 3. The number of thiocarbonyl (C=S) groups is 1. The fourth-order valence-electron chi connectivity index (χ4n) is 1.32. The molecule has 1 atom stereocenters. The molecule has 0 bridgehead atoms. The number of aromatic nitrogens is 2. The van der Waals surface area contributed by atoms with Crippen LogP contribution in [0.5, 0.6) is 0 Å². The summed E-state index contributed by atoms with van der Waals surface area (Å²) in [5, 5.41) is 4.12. The molecule has 0 aromatic carbocycles. The fraction of sp³-hybridized carbons (Fsp3) is 0.600. The van der Waals surface area contributed by atoms with Crippen LogP contribution in [0.3, 0.4) is 0 Å². The highest BCUT2D eigenvalue weighted by Gasteiger charge is 2.11. The number of aryl methyl sites for hydroxylation is 1. The van der Waals surface area contributed by atoms with E-state index >= 15 is 0 Å². The number of rotatable bonds is 5. The number of nitrogens with two attached hydrogens (primary N) is 1. The summed E-state index contributed by atoms with van der Waals surface area (Å²) in [5.74, 6) is 0. The van der Waals surface area contributed by atoms with Crippen LogP contribution in [0.4, 0.5) is 0 Å². The summed E-state index contributed by atoms with van der Waals surface area (Å²) in [4.78, 5) is 2.69. The average Bonchev–Trinajstić information content (AvgIpc) is 2.59. The molecule has 1 heterocycles. The number of hydrogen-bond acceptors (Lipinski definition) is 3. The van der Waals surface area contributed by atoms with Gasteiger partial charge in [0.25, 0.3) is 0 Å². The maximum atomic E-state index is 5.58. The van der Waals surface area contributed by atoms with Gasteiger partial charge >= 0.3 is 0 Å². The van der Waals surface area contributed by atoms with Crippen LogP contribution >= 0.6 is 12.2 Å². The van der Waals surface area contributed by atoms with E-state index in [1.54, 1.807) is 0 Å². The summed E-state index contributed by atoms with van der Waals surface area (Å²) in [6.07, 6.45) is 4.88. The van der Waals surface area contributed by atoms with Crippen molar-refractivity contribution in [3.05, 3.63) is 18.0 Å². The molecule has 4 nitrogen and oxygen atoms in total. The molecule has 0 saturated heterocycles. The van der Waals surface area contributed by atoms with E-state index in [1.807, 2.05) is 38.1 Å². The lowest BCUT2D eigenvalue weighted by Gasteiger charge is -2.23. The van der Waals surface area contributed by atoms with Crippen LogP contribution in [0.25, 0.3) is 0 Å². The van der Waals surface area contributed by atoms with Crippen molar-refractivity contribution in [2.24, 2.45) is 12.8 Å². The van der Waals surface area contributed by atoms with E-state index < -0.39 is 0 Å². The third-order valence-electron chi connectivity index (χ3n) is 2.58. The summed E-state index contributed by atoms with van der Waals surface area (Å²) in [7, 11) is 3.95. The summed E-state index contributed by atoms with van der Waals surface area (Å²) in [6.45, 7) is 2.95. The molecule has 5 heteroatoms. The van der Waals surface area contributed by atoms with E-state index in [2.05, 4.69) is 10.00 Å². The van der Waals surface area contributed by atoms with Crippen LogP contribution in [-0.4, -0.2) is 39.3 Å². The quantitative estimate of drug-likeness (QED) is 0.746. The highest BCUT2D eigenvalue weighted by Crippen LogP contribution is 2.02. The lowest BCUT2D eigenvalue weighted by molar-refractivity contribution is 0.316. The Kier molecular flexibility index (Phi) is 4.23. The molecule has 1 aromatic heterocycles. The van der Waals surface area contributed by atoms with E-state index in [-0.39, 0.29) is 6.04 Å². The van der Waals surface area contributed by atoms with Gasteiger partial charge in [-0.15, -0.1) is 0 Å². The second-order valence-electron chi connectivity index (χ2n) is 3.83. The van der Waals surface area contributed by atoms with Crippen LogP contribution in [0.2, 0.25) is 0 Å². The van der Waals surface area contributed by atoms with Crippen molar-refractivity contribution in [3.63, 3.8) is 0 Å². The second-order valence-corrected chi connectivity index (χ2v) is 4.30. The van der Waals surface area contributed by atoms with E-state index in [4.69, 9.17) is 18.0 Å². The standard InChI is InChI=1S/C10H18N4S/c1-8(10(11)15)13(2)5-4-9-6-12-14(3)7-9/h6-8H,4-5H2,1-3H3,(H2,11,15). The van der Waals surface area contributed by atoms with Gasteiger partial charge in [-0.2, -0.15) is 5.10 Å². The van der Waals surface area contributed by atoms with Crippen LogP contribution in [-0.2, 0) is 13.5 Å². The highest BCUT2D eigenvalue weighted by atomic mass is 32.1. The van der Waals surface area contributed by atoms with Gasteiger partial charge in [0.15, 0.2) is 0 Å². The SMILES string of the molecule is CC(C(N)=S)N(C)CCc1cnn(C)c1. The normalized spacial score (nSPS) is 13.1. The monoisotopic (exact) mass is 226 g/mol. The van der Waals surface area contributed by atoms with Crippen LogP contribution in [0, 0.1) is 0 Å². The molecular formula is C10H18N4S.